The molecule has 2 aliphatic rings. The number of nitrogens with zero attached hydrogens (tertiary/aromatic N) is 2. The third-order valence-corrected chi connectivity index (χ3v) is 5.92. The number of carbonyl (C=O) groups is 1. The van der Waals surface area contributed by atoms with Gasteiger partial charge in [-0.1, -0.05) is 6.07 Å². The van der Waals surface area contributed by atoms with Crippen molar-refractivity contribution in [3.8, 4) is 16.9 Å². The van der Waals surface area contributed by atoms with E-state index >= 15 is 0 Å². The molecule has 9 heteroatoms. The zero-order chi connectivity index (χ0) is 22.9. The van der Waals surface area contributed by atoms with Gasteiger partial charge in [-0.15, -0.1) is 0 Å². The maximum Gasteiger partial charge on any atom is 0.301 e. The summed E-state index contributed by atoms with van der Waals surface area (Å²) in [4.78, 5) is 16.8. The van der Waals surface area contributed by atoms with Crippen molar-refractivity contribution in [2.75, 3.05) is 25.0 Å². The number of ether oxygens (including phenoxy) is 1. The molecule has 1 saturated heterocycles. The standard InChI is InChI=1S/C23H27F2N3O4/c1-14-10-16(17-6-8-26-20(11-17)27-22(31)15-2-3-15)4-5-18(14)32-19-7-9-28(21(30)12-29)13-23(19,24)25/h4-6,8,10-11,15,19,22,29,31H,2-3,7,9,12-13H2,1H3,(H,26,27)/t19-,22?/m0/s1. The van der Waals surface area contributed by atoms with Crippen LogP contribution in [0, 0.1) is 12.8 Å². The second-order valence-electron chi connectivity index (χ2n) is 8.47. The average molecular weight is 447 g/mol. The summed E-state index contributed by atoms with van der Waals surface area (Å²) in [5.41, 5.74) is 2.45. The molecule has 0 radical (unpaired) electrons. The lowest BCUT2D eigenvalue weighted by Crippen LogP contribution is -2.55. The fourth-order valence-electron chi connectivity index (χ4n) is 3.86. The summed E-state index contributed by atoms with van der Waals surface area (Å²) >= 11 is 0. The molecule has 0 bridgehead atoms. The SMILES string of the molecule is Cc1cc(-c2ccnc(NC(O)C3CC3)c2)ccc1O[C@H]1CCN(C(=O)CO)CC1(F)F. The zero-order valence-electron chi connectivity index (χ0n) is 17.8. The Kier molecular flexibility index (Phi) is 6.30. The Morgan fingerprint density at radius 3 is 2.69 bits per heavy atom. The second-order valence-corrected chi connectivity index (χ2v) is 8.47. The Morgan fingerprint density at radius 2 is 2.03 bits per heavy atom. The van der Waals surface area contributed by atoms with Crippen molar-refractivity contribution in [3.05, 3.63) is 42.1 Å². The summed E-state index contributed by atoms with van der Waals surface area (Å²) in [6.07, 6.45) is 1.67. The Morgan fingerprint density at radius 1 is 1.28 bits per heavy atom. The number of pyridine rings is 1. The van der Waals surface area contributed by atoms with E-state index in [-0.39, 0.29) is 18.9 Å². The van der Waals surface area contributed by atoms with Crippen molar-refractivity contribution < 1.29 is 28.5 Å². The van der Waals surface area contributed by atoms with E-state index in [0.29, 0.717) is 17.1 Å². The highest BCUT2D eigenvalue weighted by molar-refractivity contribution is 5.77. The van der Waals surface area contributed by atoms with Crippen LogP contribution in [0.1, 0.15) is 24.8 Å². The number of benzene rings is 1. The smallest absolute Gasteiger partial charge is 0.301 e. The van der Waals surface area contributed by atoms with Crippen LogP contribution in [0.2, 0.25) is 0 Å². The summed E-state index contributed by atoms with van der Waals surface area (Å²) in [5, 5.41) is 22.0. The molecule has 2 atom stereocenters. The molecule has 1 aliphatic carbocycles. The topological polar surface area (TPSA) is 94.9 Å². The Bertz CT molecular complexity index is 983. The minimum Gasteiger partial charge on any atom is -0.484 e. The molecule has 1 unspecified atom stereocenters. The van der Waals surface area contributed by atoms with E-state index in [1.54, 1.807) is 25.3 Å². The van der Waals surface area contributed by atoms with Gasteiger partial charge in [0.1, 0.15) is 24.4 Å². The molecule has 1 aliphatic heterocycles. The van der Waals surface area contributed by atoms with E-state index in [1.807, 2.05) is 18.2 Å². The summed E-state index contributed by atoms with van der Waals surface area (Å²) in [5.74, 6) is -2.73. The molecule has 172 valence electrons. The van der Waals surface area contributed by atoms with Gasteiger partial charge < -0.3 is 25.2 Å². The van der Waals surface area contributed by atoms with Gasteiger partial charge in [0.15, 0.2) is 6.10 Å². The van der Waals surface area contributed by atoms with Crippen molar-refractivity contribution in [3.63, 3.8) is 0 Å². The van der Waals surface area contributed by atoms with E-state index < -0.39 is 37.3 Å². The van der Waals surface area contributed by atoms with Crippen LogP contribution in [0.25, 0.3) is 11.1 Å². The van der Waals surface area contributed by atoms with E-state index in [4.69, 9.17) is 9.84 Å². The lowest BCUT2D eigenvalue weighted by atomic mass is 10.0. The molecular weight excluding hydrogens is 420 g/mol. The third kappa shape index (κ3) is 4.99. The van der Waals surface area contributed by atoms with E-state index in [0.717, 1.165) is 28.9 Å². The number of aliphatic hydroxyl groups excluding tert-OH is 2. The zero-order valence-corrected chi connectivity index (χ0v) is 17.8. The summed E-state index contributed by atoms with van der Waals surface area (Å²) in [7, 11) is 0. The molecule has 0 spiro atoms. The number of rotatable bonds is 7. The van der Waals surface area contributed by atoms with Gasteiger partial charge in [0.25, 0.3) is 0 Å². The fraction of sp³-hybridized carbons (Fsp3) is 0.478. The number of alkyl halides is 2. The summed E-state index contributed by atoms with van der Waals surface area (Å²) in [6.45, 7) is 0.344. The number of aromatic nitrogens is 1. The first-order valence-electron chi connectivity index (χ1n) is 10.7. The van der Waals surface area contributed by atoms with Crippen molar-refractivity contribution in [2.24, 2.45) is 5.92 Å². The van der Waals surface area contributed by atoms with Gasteiger partial charge in [0, 0.05) is 25.1 Å². The monoisotopic (exact) mass is 447 g/mol. The normalized spacial score (nSPS) is 21.2. The number of piperidine rings is 1. The van der Waals surface area contributed by atoms with Crippen LogP contribution in [0.3, 0.4) is 0 Å². The first kappa shape index (κ1) is 22.4. The molecule has 1 aromatic carbocycles. The molecular formula is C23H27F2N3O4. The predicted molar refractivity (Wildman–Crippen MR) is 114 cm³/mol. The van der Waals surface area contributed by atoms with Crippen LogP contribution in [-0.2, 0) is 4.79 Å². The van der Waals surface area contributed by atoms with E-state index in [2.05, 4.69) is 10.3 Å². The van der Waals surface area contributed by atoms with Gasteiger partial charge in [0.05, 0.1) is 6.54 Å². The first-order chi connectivity index (χ1) is 15.3. The highest BCUT2D eigenvalue weighted by Gasteiger charge is 2.47. The lowest BCUT2D eigenvalue weighted by Gasteiger charge is -2.38. The maximum atomic E-state index is 14.6. The fourth-order valence-corrected chi connectivity index (χ4v) is 3.86. The summed E-state index contributed by atoms with van der Waals surface area (Å²) < 4.78 is 34.8. The van der Waals surface area contributed by atoms with Crippen LogP contribution >= 0.6 is 0 Å². The van der Waals surface area contributed by atoms with E-state index in [1.165, 1.54) is 0 Å². The number of nitrogens with one attached hydrogen (secondary N) is 1. The van der Waals surface area contributed by atoms with Gasteiger partial charge in [0.2, 0.25) is 5.91 Å². The van der Waals surface area contributed by atoms with Crippen molar-refractivity contribution >= 4 is 11.7 Å². The van der Waals surface area contributed by atoms with Gasteiger partial charge >= 0.3 is 5.92 Å². The van der Waals surface area contributed by atoms with Crippen LogP contribution < -0.4 is 10.1 Å². The predicted octanol–water partition coefficient (Wildman–Crippen LogP) is 2.80. The minimum absolute atomic E-state index is 0.0252. The number of aliphatic hydroxyl groups is 2. The minimum atomic E-state index is -3.22. The highest BCUT2D eigenvalue weighted by Crippen LogP contribution is 2.35. The Balaban J connectivity index is 1.45. The first-order valence-corrected chi connectivity index (χ1v) is 10.7. The third-order valence-electron chi connectivity index (χ3n) is 5.92. The number of hydrogen-bond acceptors (Lipinski definition) is 6. The number of aryl methyl sites for hydroxylation is 1. The van der Waals surface area contributed by atoms with Crippen LogP contribution in [0.5, 0.6) is 5.75 Å². The number of anilines is 1. The second kappa shape index (κ2) is 8.99. The maximum absolute atomic E-state index is 14.6. The number of likely N-dealkylation sites (tertiary alicyclic amines) is 1. The molecule has 1 saturated carbocycles. The lowest BCUT2D eigenvalue weighted by molar-refractivity contribution is -0.161. The van der Waals surface area contributed by atoms with Crippen molar-refractivity contribution in [1.82, 2.24) is 9.88 Å². The largest absolute Gasteiger partial charge is 0.484 e. The Labute approximate surface area is 185 Å². The number of halogens is 2. The van der Waals surface area contributed by atoms with E-state index in [9.17, 15) is 18.7 Å². The molecule has 3 N–H and O–H groups in total. The summed E-state index contributed by atoms with van der Waals surface area (Å²) in [6, 6.07) is 8.99. The van der Waals surface area contributed by atoms with Gasteiger partial charge in [-0.3, -0.25) is 4.79 Å². The van der Waals surface area contributed by atoms with Crippen molar-refractivity contribution in [2.45, 2.75) is 44.4 Å². The average Bonchev–Trinajstić information content (AvgIpc) is 3.61. The molecule has 32 heavy (non-hydrogen) atoms. The highest BCUT2D eigenvalue weighted by atomic mass is 19.3. The number of amides is 1. The molecule has 2 aromatic rings. The van der Waals surface area contributed by atoms with Gasteiger partial charge in [-0.25, -0.2) is 13.8 Å². The molecule has 4 rings (SSSR count). The van der Waals surface area contributed by atoms with Crippen LogP contribution in [0.15, 0.2) is 36.5 Å². The van der Waals surface area contributed by atoms with Gasteiger partial charge in [-0.05, 0) is 60.7 Å². The van der Waals surface area contributed by atoms with Gasteiger partial charge in [-0.2, -0.15) is 0 Å². The Hall–Kier alpha value is -2.78. The molecule has 1 aromatic heterocycles. The molecule has 7 nitrogen and oxygen atoms in total. The number of hydrogen-bond donors (Lipinski definition) is 3. The quantitative estimate of drug-likeness (QED) is 0.565. The van der Waals surface area contributed by atoms with Crippen LogP contribution in [-0.4, -0.2) is 64.0 Å². The molecule has 1 amide bonds. The molecule has 2 fully saturated rings. The van der Waals surface area contributed by atoms with Crippen LogP contribution in [0.4, 0.5) is 14.6 Å². The van der Waals surface area contributed by atoms with Crippen molar-refractivity contribution in [1.29, 1.82) is 0 Å². The number of carbonyl (C=O) groups excluding carboxylic acids is 1. The molecule has 2 heterocycles.